The highest BCUT2D eigenvalue weighted by Crippen LogP contribution is 2.35. The summed E-state index contributed by atoms with van der Waals surface area (Å²) in [5, 5.41) is 8.61. The van der Waals surface area contributed by atoms with Crippen LogP contribution in [0.25, 0.3) is 0 Å². The van der Waals surface area contributed by atoms with Crippen LogP contribution >= 0.6 is 0 Å². The van der Waals surface area contributed by atoms with Crippen molar-refractivity contribution >= 4 is 17.9 Å². The SMILES string of the molecule is O=C(O)CC1C=Nc2c(F)cccc21. The maximum Gasteiger partial charge on any atom is 0.304 e. The Morgan fingerprint density at radius 2 is 2.36 bits per heavy atom. The maximum atomic E-state index is 13.1. The van der Waals surface area contributed by atoms with Crippen molar-refractivity contribution in [1.82, 2.24) is 0 Å². The Morgan fingerprint density at radius 1 is 1.57 bits per heavy atom. The molecule has 0 aliphatic carbocycles. The van der Waals surface area contributed by atoms with Crippen molar-refractivity contribution in [2.75, 3.05) is 0 Å². The number of carboxylic acid groups (broad SMARTS) is 1. The van der Waals surface area contributed by atoms with Gasteiger partial charge in [-0.05, 0) is 11.6 Å². The molecule has 0 amide bonds. The summed E-state index contributed by atoms with van der Waals surface area (Å²) in [6, 6.07) is 4.59. The molecule has 3 nitrogen and oxygen atoms in total. The minimum absolute atomic E-state index is 0.0417. The molecule has 1 N–H and O–H groups in total. The van der Waals surface area contributed by atoms with E-state index in [-0.39, 0.29) is 18.0 Å². The van der Waals surface area contributed by atoms with Gasteiger partial charge in [-0.3, -0.25) is 9.79 Å². The van der Waals surface area contributed by atoms with E-state index in [4.69, 9.17) is 5.11 Å². The highest BCUT2D eigenvalue weighted by Gasteiger charge is 2.23. The van der Waals surface area contributed by atoms with E-state index in [1.54, 1.807) is 12.1 Å². The summed E-state index contributed by atoms with van der Waals surface area (Å²) in [4.78, 5) is 14.4. The number of hydrogen-bond donors (Lipinski definition) is 1. The zero-order valence-electron chi connectivity index (χ0n) is 7.27. The average molecular weight is 193 g/mol. The fourth-order valence-corrected chi connectivity index (χ4v) is 1.56. The molecule has 4 heteroatoms. The lowest BCUT2D eigenvalue weighted by Gasteiger charge is -2.05. The Bertz CT molecular complexity index is 415. The summed E-state index contributed by atoms with van der Waals surface area (Å²) in [5.74, 6) is -1.59. The van der Waals surface area contributed by atoms with Crippen molar-refractivity contribution in [3.63, 3.8) is 0 Å². The molecule has 1 aromatic carbocycles. The molecule has 0 spiro atoms. The van der Waals surface area contributed by atoms with Crippen LogP contribution in [0.5, 0.6) is 0 Å². The van der Waals surface area contributed by atoms with Gasteiger partial charge in [0.2, 0.25) is 0 Å². The second-order valence-electron chi connectivity index (χ2n) is 3.16. The van der Waals surface area contributed by atoms with Gasteiger partial charge in [-0.25, -0.2) is 4.39 Å². The van der Waals surface area contributed by atoms with E-state index in [0.29, 0.717) is 5.56 Å². The Morgan fingerprint density at radius 3 is 3.07 bits per heavy atom. The zero-order valence-corrected chi connectivity index (χ0v) is 7.27. The molecule has 0 radical (unpaired) electrons. The van der Waals surface area contributed by atoms with Crippen LogP contribution in [0.3, 0.4) is 0 Å². The van der Waals surface area contributed by atoms with Crippen molar-refractivity contribution < 1.29 is 14.3 Å². The number of aliphatic carboxylic acids is 1. The molecule has 0 bridgehead atoms. The highest BCUT2D eigenvalue weighted by molar-refractivity contribution is 5.85. The Hall–Kier alpha value is -1.71. The highest BCUT2D eigenvalue weighted by atomic mass is 19.1. The molecule has 1 aliphatic heterocycles. The number of carboxylic acids is 1. The molecule has 0 aromatic heterocycles. The molecule has 1 aromatic rings. The molecule has 1 heterocycles. The van der Waals surface area contributed by atoms with Gasteiger partial charge in [0.15, 0.2) is 0 Å². The van der Waals surface area contributed by atoms with Gasteiger partial charge >= 0.3 is 5.97 Å². The molecule has 14 heavy (non-hydrogen) atoms. The van der Waals surface area contributed by atoms with E-state index in [1.807, 2.05) is 0 Å². The number of rotatable bonds is 2. The zero-order chi connectivity index (χ0) is 10.1. The quantitative estimate of drug-likeness (QED) is 0.781. The molecule has 0 saturated carbocycles. The van der Waals surface area contributed by atoms with Crippen LogP contribution in [0.2, 0.25) is 0 Å². The number of halogens is 1. The maximum absolute atomic E-state index is 13.1. The van der Waals surface area contributed by atoms with Gasteiger partial charge in [-0.15, -0.1) is 0 Å². The van der Waals surface area contributed by atoms with Crippen molar-refractivity contribution in [3.8, 4) is 0 Å². The first kappa shape index (κ1) is 8.87. The summed E-state index contributed by atoms with van der Waals surface area (Å²) < 4.78 is 13.1. The van der Waals surface area contributed by atoms with E-state index in [1.165, 1.54) is 12.3 Å². The largest absolute Gasteiger partial charge is 0.481 e. The monoisotopic (exact) mass is 193 g/mol. The Labute approximate surface area is 79.9 Å². The van der Waals surface area contributed by atoms with Gasteiger partial charge in [0.1, 0.15) is 11.5 Å². The molecular formula is C10H8FNO2. The summed E-state index contributed by atoms with van der Waals surface area (Å²) in [5.41, 5.74) is 0.936. The van der Waals surface area contributed by atoms with E-state index in [0.717, 1.165) is 0 Å². The second kappa shape index (κ2) is 3.21. The van der Waals surface area contributed by atoms with Crippen LogP contribution in [0.15, 0.2) is 23.2 Å². The van der Waals surface area contributed by atoms with Gasteiger partial charge in [-0.2, -0.15) is 0 Å². The first-order valence-corrected chi connectivity index (χ1v) is 4.23. The molecule has 0 saturated heterocycles. The Balaban J connectivity index is 2.35. The number of para-hydroxylation sites is 1. The lowest BCUT2D eigenvalue weighted by Crippen LogP contribution is -2.04. The van der Waals surface area contributed by atoms with Crippen LogP contribution in [0.1, 0.15) is 17.9 Å². The van der Waals surface area contributed by atoms with E-state index in [9.17, 15) is 9.18 Å². The Kier molecular flexibility index (Phi) is 2.04. The average Bonchev–Trinajstić information content (AvgIpc) is 2.49. The molecule has 72 valence electrons. The second-order valence-corrected chi connectivity index (χ2v) is 3.16. The van der Waals surface area contributed by atoms with Gasteiger partial charge in [0.05, 0.1) is 6.42 Å². The normalized spacial score (nSPS) is 18.2. The lowest BCUT2D eigenvalue weighted by molar-refractivity contribution is -0.137. The number of hydrogen-bond acceptors (Lipinski definition) is 2. The third-order valence-corrected chi connectivity index (χ3v) is 2.20. The van der Waals surface area contributed by atoms with Crippen molar-refractivity contribution in [2.24, 2.45) is 4.99 Å². The lowest BCUT2D eigenvalue weighted by atomic mass is 9.98. The molecule has 0 fully saturated rings. The first-order valence-electron chi connectivity index (χ1n) is 4.23. The topological polar surface area (TPSA) is 49.7 Å². The number of nitrogens with zero attached hydrogens (tertiary/aromatic N) is 1. The molecule has 1 aliphatic rings. The van der Waals surface area contributed by atoms with Crippen molar-refractivity contribution in [2.45, 2.75) is 12.3 Å². The van der Waals surface area contributed by atoms with Crippen molar-refractivity contribution in [3.05, 3.63) is 29.6 Å². The van der Waals surface area contributed by atoms with Gasteiger partial charge in [-0.1, -0.05) is 12.1 Å². The predicted molar refractivity (Wildman–Crippen MR) is 49.5 cm³/mol. The minimum atomic E-state index is -0.904. The number of aliphatic imine (C=N–C) groups is 1. The first-order chi connectivity index (χ1) is 6.68. The summed E-state index contributed by atoms with van der Waals surface area (Å²) >= 11 is 0. The minimum Gasteiger partial charge on any atom is -0.481 e. The van der Waals surface area contributed by atoms with Crippen LogP contribution in [0, 0.1) is 5.82 Å². The standard InChI is InChI=1S/C10H8FNO2/c11-8-3-1-2-7-6(4-9(13)14)5-12-10(7)8/h1-3,5-6H,4H2,(H,13,14). The van der Waals surface area contributed by atoms with Crippen LogP contribution in [-0.4, -0.2) is 17.3 Å². The third kappa shape index (κ3) is 1.39. The summed E-state index contributed by atoms with van der Waals surface area (Å²) in [6.45, 7) is 0. The van der Waals surface area contributed by atoms with Gasteiger partial charge in [0, 0.05) is 12.1 Å². The number of benzene rings is 1. The summed E-state index contributed by atoms with van der Waals surface area (Å²) in [6.07, 6.45) is 1.45. The van der Waals surface area contributed by atoms with Crippen LogP contribution in [-0.2, 0) is 4.79 Å². The predicted octanol–water partition coefficient (Wildman–Crippen LogP) is 2.10. The fourth-order valence-electron chi connectivity index (χ4n) is 1.56. The fraction of sp³-hybridized carbons (Fsp3) is 0.200. The van der Waals surface area contributed by atoms with Crippen LogP contribution in [0.4, 0.5) is 10.1 Å². The number of fused-ring (bicyclic) bond motifs is 1. The van der Waals surface area contributed by atoms with E-state index < -0.39 is 11.8 Å². The van der Waals surface area contributed by atoms with E-state index >= 15 is 0 Å². The van der Waals surface area contributed by atoms with Gasteiger partial charge < -0.3 is 5.11 Å². The molecule has 1 atom stereocenters. The smallest absolute Gasteiger partial charge is 0.304 e. The van der Waals surface area contributed by atoms with Gasteiger partial charge in [0.25, 0.3) is 0 Å². The van der Waals surface area contributed by atoms with Crippen molar-refractivity contribution in [1.29, 1.82) is 0 Å². The van der Waals surface area contributed by atoms with Crippen LogP contribution < -0.4 is 0 Å². The molecular weight excluding hydrogens is 185 g/mol. The molecule has 2 rings (SSSR count). The van der Waals surface area contributed by atoms with E-state index in [2.05, 4.69) is 4.99 Å². The summed E-state index contributed by atoms with van der Waals surface area (Å²) in [7, 11) is 0. The molecule has 1 unspecified atom stereocenters. The number of carbonyl (C=O) groups is 1. The third-order valence-electron chi connectivity index (χ3n) is 2.20.